The predicted molar refractivity (Wildman–Crippen MR) is 66.9 cm³/mol. The molecule has 1 atom stereocenters. The first kappa shape index (κ1) is 11.7. The van der Waals surface area contributed by atoms with Gasteiger partial charge in [-0.05, 0) is 43.4 Å². The Bertz CT molecular complexity index is 363. The van der Waals surface area contributed by atoms with Gasteiger partial charge in [0.05, 0.1) is 11.6 Å². The molecule has 88 valence electrons. The van der Waals surface area contributed by atoms with Crippen molar-refractivity contribution in [1.82, 2.24) is 0 Å². The van der Waals surface area contributed by atoms with Crippen molar-refractivity contribution in [1.29, 1.82) is 0 Å². The fraction of sp³-hybridized carbons (Fsp3) is 0.538. The molecule has 0 bridgehead atoms. The molecular formula is C13H18ClNO. The zero-order valence-corrected chi connectivity index (χ0v) is 10.3. The maximum atomic E-state index is 6.19. The van der Waals surface area contributed by atoms with Gasteiger partial charge in [0.2, 0.25) is 0 Å². The number of benzene rings is 1. The molecular weight excluding hydrogens is 222 g/mol. The van der Waals surface area contributed by atoms with E-state index in [1.165, 1.54) is 19.3 Å². The molecule has 1 aliphatic rings. The summed E-state index contributed by atoms with van der Waals surface area (Å²) < 4.78 is 5.40. The van der Waals surface area contributed by atoms with Crippen molar-refractivity contribution in [2.75, 3.05) is 6.61 Å². The number of ether oxygens (including phenoxy) is 1. The zero-order chi connectivity index (χ0) is 11.5. The number of hydrogen-bond donors (Lipinski definition) is 1. The molecule has 1 unspecified atom stereocenters. The smallest absolute Gasteiger partial charge is 0.137 e. The number of nitrogens with two attached hydrogens (primary N) is 1. The lowest BCUT2D eigenvalue weighted by atomic mass is 9.77. The van der Waals surface area contributed by atoms with E-state index in [-0.39, 0.29) is 6.04 Å². The third kappa shape index (κ3) is 2.33. The molecule has 3 heteroatoms. The molecule has 0 spiro atoms. The second-order valence-corrected chi connectivity index (χ2v) is 4.75. The third-order valence-corrected chi connectivity index (χ3v) is 3.59. The fourth-order valence-electron chi connectivity index (χ4n) is 2.07. The number of hydrogen-bond acceptors (Lipinski definition) is 2. The van der Waals surface area contributed by atoms with Crippen molar-refractivity contribution in [3.05, 3.63) is 28.8 Å². The monoisotopic (exact) mass is 239 g/mol. The Hall–Kier alpha value is -0.730. The Morgan fingerprint density at radius 2 is 2.25 bits per heavy atom. The van der Waals surface area contributed by atoms with Gasteiger partial charge in [0.25, 0.3) is 0 Å². The maximum absolute atomic E-state index is 6.19. The third-order valence-electron chi connectivity index (χ3n) is 3.30. The van der Waals surface area contributed by atoms with Crippen LogP contribution < -0.4 is 10.5 Å². The minimum absolute atomic E-state index is 0.127. The van der Waals surface area contributed by atoms with Gasteiger partial charge in [0.1, 0.15) is 5.75 Å². The maximum Gasteiger partial charge on any atom is 0.137 e. The lowest BCUT2D eigenvalue weighted by molar-refractivity contribution is 0.264. The van der Waals surface area contributed by atoms with Crippen molar-refractivity contribution in [3.8, 4) is 5.75 Å². The minimum atomic E-state index is 0.127. The van der Waals surface area contributed by atoms with Crippen molar-refractivity contribution in [2.24, 2.45) is 11.7 Å². The SMILES string of the molecule is CCOc1ccc(C(N)C2CCC2)cc1Cl. The van der Waals surface area contributed by atoms with E-state index < -0.39 is 0 Å². The number of halogens is 1. The fourth-order valence-corrected chi connectivity index (χ4v) is 2.31. The molecule has 1 aromatic rings. The first-order valence-electron chi connectivity index (χ1n) is 5.90. The first-order valence-corrected chi connectivity index (χ1v) is 6.28. The van der Waals surface area contributed by atoms with E-state index in [0.717, 1.165) is 11.3 Å². The lowest BCUT2D eigenvalue weighted by Gasteiger charge is -2.31. The van der Waals surface area contributed by atoms with Crippen LogP contribution in [0.2, 0.25) is 5.02 Å². The Labute approximate surface area is 102 Å². The van der Waals surface area contributed by atoms with Crippen LogP contribution in [0.15, 0.2) is 18.2 Å². The molecule has 0 aromatic heterocycles. The summed E-state index contributed by atoms with van der Waals surface area (Å²) in [5, 5.41) is 0.661. The summed E-state index contributed by atoms with van der Waals surface area (Å²) in [7, 11) is 0. The zero-order valence-electron chi connectivity index (χ0n) is 9.58. The molecule has 1 saturated carbocycles. The van der Waals surface area contributed by atoms with Crippen LogP contribution in [0.25, 0.3) is 0 Å². The molecule has 16 heavy (non-hydrogen) atoms. The van der Waals surface area contributed by atoms with Gasteiger partial charge in [-0.1, -0.05) is 24.1 Å². The Morgan fingerprint density at radius 1 is 1.50 bits per heavy atom. The summed E-state index contributed by atoms with van der Waals surface area (Å²) in [5.74, 6) is 1.38. The molecule has 0 aliphatic heterocycles. The van der Waals surface area contributed by atoms with Gasteiger partial charge in [-0.25, -0.2) is 0 Å². The Balaban J connectivity index is 2.13. The van der Waals surface area contributed by atoms with E-state index >= 15 is 0 Å². The van der Waals surface area contributed by atoms with Gasteiger partial charge >= 0.3 is 0 Å². The van der Waals surface area contributed by atoms with Crippen LogP contribution in [0, 0.1) is 5.92 Å². The highest BCUT2D eigenvalue weighted by atomic mass is 35.5. The number of rotatable bonds is 4. The van der Waals surface area contributed by atoms with Crippen molar-refractivity contribution < 1.29 is 4.74 Å². The van der Waals surface area contributed by atoms with Crippen molar-refractivity contribution in [2.45, 2.75) is 32.2 Å². The van der Waals surface area contributed by atoms with E-state index in [1.807, 2.05) is 25.1 Å². The molecule has 1 aliphatic carbocycles. The van der Waals surface area contributed by atoms with Gasteiger partial charge in [0.15, 0.2) is 0 Å². The molecule has 1 fully saturated rings. The van der Waals surface area contributed by atoms with Crippen LogP contribution in [-0.2, 0) is 0 Å². The standard InChI is InChI=1S/C13H18ClNO/c1-2-16-12-7-6-10(8-11(12)14)13(15)9-4-3-5-9/h6-9,13H,2-5,15H2,1H3. The topological polar surface area (TPSA) is 35.2 Å². The molecule has 1 aromatic carbocycles. The summed E-state index contributed by atoms with van der Waals surface area (Å²) in [6.45, 7) is 2.58. The first-order chi connectivity index (χ1) is 7.72. The van der Waals surface area contributed by atoms with Crippen molar-refractivity contribution >= 4 is 11.6 Å². The molecule has 2 rings (SSSR count). The second kappa shape index (κ2) is 5.07. The lowest BCUT2D eigenvalue weighted by Crippen LogP contribution is -2.26. The summed E-state index contributed by atoms with van der Waals surface area (Å²) in [6.07, 6.45) is 3.79. The highest BCUT2D eigenvalue weighted by Gasteiger charge is 2.25. The molecule has 0 amide bonds. The van der Waals surface area contributed by atoms with E-state index in [9.17, 15) is 0 Å². The molecule has 2 N–H and O–H groups in total. The summed E-state index contributed by atoms with van der Waals surface area (Å²) in [6, 6.07) is 6.01. The summed E-state index contributed by atoms with van der Waals surface area (Å²) in [5.41, 5.74) is 7.32. The largest absolute Gasteiger partial charge is 0.492 e. The van der Waals surface area contributed by atoms with Crippen LogP contribution in [0.5, 0.6) is 5.75 Å². The van der Waals surface area contributed by atoms with Crippen LogP contribution in [0.1, 0.15) is 37.8 Å². The Morgan fingerprint density at radius 3 is 2.75 bits per heavy atom. The highest BCUT2D eigenvalue weighted by Crippen LogP contribution is 2.37. The minimum Gasteiger partial charge on any atom is -0.492 e. The van der Waals surface area contributed by atoms with E-state index in [1.54, 1.807) is 0 Å². The average molecular weight is 240 g/mol. The van der Waals surface area contributed by atoms with Crippen LogP contribution in [0.4, 0.5) is 0 Å². The Kier molecular flexibility index (Phi) is 3.72. The predicted octanol–water partition coefficient (Wildman–Crippen LogP) is 3.54. The van der Waals surface area contributed by atoms with E-state index in [2.05, 4.69) is 0 Å². The van der Waals surface area contributed by atoms with Crippen LogP contribution in [-0.4, -0.2) is 6.61 Å². The summed E-state index contributed by atoms with van der Waals surface area (Å²) >= 11 is 6.14. The van der Waals surface area contributed by atoms with Crippen LogP contribution >= 0.6 is 11.6 Å². The normalized spacial score (nSPS) is 17.9. The van der Waals surface area contributed by atoms with Gasteiger partial charge in [-0.3, -0.25) is 0 Å². The van der Waals surface area contributed by atoms with Gasteiger partial charge < -0.3 is 10.5 Å². The van der Waals surface area contributed by atoms with Crippen LogP contribution in [0.3, 0.4) is 0 Å². The van der Waals surface area contributed by atoms with Crippen molar-refractivity contribution in [3.63, 3.8) is 0 Å². The summed E-state index contributed by atoms with van der Waals surface area (Å²) in [4.78, 5) is 0. The van der Waals surface area contributed by atoms with E-state index in [0.29, 0.717) is 17.5 Å². The van der Waals surface area contributed by atoms with Gasteiger partial charge in [-0.15, -0.1) is 0 Å². The quantitative estimate of drug-likeness (QED) is 0.872. The second-order valence-electron chi connectivity index (χ2n) is 4.34. The van der Waals surface area contributed by atoms with E-state index in [4.69, 9.17) is 22.1 Å². The average Bonchev–Trinajstić information content (AvgIpc) is 2.18. The molecule has 0 heterocycles. The van der Waals surface area contributed by atoms with Gasteiger partial charge in [0, 0.05) is 6.04 Å². The molecule has 0 radical (unpaired) electrons. The van der Waals surface area contributed by atoms with Gasteiger partial charge in [-0.2, -0.15) is 0 Å². The molecule has 0 saturated heterocycles. The molecule has 2 nitrogen and oxygen atoms in total. The highest BCUT2D eigenvalue weighted by molar-refractivity contribution is 6.32.